The second-order valence-electron chi connectivity index (χ2n) is 3.53. The molecule has 86 valence electrons. The van der Waals surface area contributed by atoms with Gasteiger partial charge in [-0.3, -0.25) is 9.89 Å². The molecule has 3 N–H and O–H groups in total. The number of carbonyl (C=O) groups excluding carboxylic acids is 1. The predicted molar refractivity (Wildman–Crippen MR) is 51.3 cm³/mol. The first-order valence-corrected chi connectivity index (χ1v) is 4.76. The number of aromatic nitrogens is 3. The summed E-state index contributed by atoms with van der Waals surface area (Å²) in [6, 6.07) is -0.283. The minimum absolute atomic E-state index is 0.257. The smallest absolute Gasteiger partial charge is 0.317 e. The molecule has 1 aromatic rings. The maximum absolute atomic E-state index is 11.4. The fourth-order valence-corrected chi connectivity index (χ4v) is 1.39. The zero-order valence-electron chi connectivity index (χ0n) is 8.38. The monoisotopic (exact) mass is 225 g/mol. The summed E-state index contributed by atoms with van der Waals surface area (Å²) in [5.41, 5.74) is 0. The third-order valence-electron chi connectivity index (χ3n) is 2.39. The van der Waals surface area contributed by atoms with E-state index in [1.165, 1.54) is 11.2 Å². The van der Waals surface area contributed by atoms with Gasteiger partial charge in [-0.1, -0.05) is 0 Å². The number of carbonyl (C=O) groups is 2. The van der Waals surface area contributed by atoms with Crippen molar-refractivity contribution in [2.75, 3.05) is 13.1 Å². The Morgan fingerprint density at radius 1 is 1.62 bits per heavy atom. The molecular formula is C8H11N5O3. The van der Waals surface area contributed by atoms with Gasteiger partial charge in [0.05, 0.1) is 12.5 Å². The first-order valence-electron chi connectivity index (χ1n) is 4.76. The molecule has 8 heteroatoms. The Morgan fingerprint density at radius 2 is 2.38 bits per heavy atom. The highest BCUT2D eigenvalue weighted by Crippen LogP contribution is 2.15. The standard InChI is InChI=1S/C8H11N5O3/c14-7(15)5-2-13(3-5)8(16)9-1-6-10-4-11-12-6/h4-5H,1-3H2,(H,9,16)(H,14,15)(H,10,11,12). The molecule has 1 aliphatic rings. The zero-order valence-corrected chi connectivity index (χ0v) is 8.38. The molecule has 0 aliphatic carbocycles. The summed E-state index contributed by atoms with van der Waals surface area (Å²) in [7, 11) is 0. The molecule has 1 saturated heterocycles. The third-order valence-corrected chi connectivity index (χ3v) is 2.39. The van der Waals surface area contributed by atoms with Gasteiger partial charge in [0.2, 0.25) is 0 Å². The minimum Gasteiger partial charge on any atom is -0.481 e. The number of likely N-dealkylation sites (tertiary alicyclic amines) is 1. The lowest BCUT2D eigenvalue weighted by molar-refractivity contribution is -0.146. The molecule has 16 heavy (non-hydrogen) atoms. The van der Waals surface area contributed by atoms with Crippen molar-refractivity contribution in [2.24, 2.45) is 5.92 Å². The number of aromatic amines is 1. The summed E-state index contributed by atoms with van der Waals surface area (Å²) in [5, 5.41) is 17.5. The number of nitrogens with one attached hydrogen (secondary N) is 2. The first kappa shape index (κ1) is 10.4. The number of rotatable bonds is 3. The second kappa shape index (κ2) is 4.17. The molecule has 2 heterocycles. The number of urea groups is 1. The number of carboxylic acid groups (broad SMARTS) is 1. The van der Waals surface area contributed by atoms with Gasteiger partial charge in [0.25, 0.3) is 0 Å². The third kappa shape index (κ3) is 2.10. The number of H-pyrrole nitrogens is 1. The van der Waals surface area contributed by atoms with Crippen LogP contribution in [0, 0.1) is 5.92 Å². The van der Waals surface area contributed by atoms with Gasteiger partial charge >= 0.3 is 12.0 Å². The van der Waals surface area contributed by atoms with Gasteiger partial charge < -0.3 is 15.3 Å². The van der Waals surface area contributed by atoms with E-state index < -0.39 is 11.9 Å². The lowest BCUT2D eigenvalue weighted by Crippen LogP contribution is -2.56. The highest BCUT2D eigenvalue weighted by Gasteiger charge is 2.35. The van der Waals surface area contributed by atoms with Crippen LogP contribution >= 0.6 is 0 Å². The largest absolute Gasteiger partial charge is 0.481 e. The van der Waals surface area contributed by atoms with Gasteiger partial charge in [-0.15, -0.1) is 0 Å². The van der Waals surface area contributed by atoms with Crippen LogP contribution in [0.25, 0.3) is 0 Å². The Morgan fingerprint density at radius 3 is 2.94 bits per heavy atom. The summed E-state index contributed by atoms with van der Waals surface area (Å²) in [6.07, 6.45) is 1.35. The molecule has 1 fully saturated rings. The molecule has 1 aromatic heterocycles. The van der Waals surface area contributed by atoms with Gasteiger partial charge in [0.1, 0.15) is 12.2 Å². The maximum atomic E-state index is 11.4. The van der Waals surface area contributed by atoms with E-state index in [-0.39, 0.29) is 25.7 Å². The summed E-state index contributed by atoms with van der Waals surface area (Å²) in [4.78, 5) is 27.2. The molecule has 0 spiro atoms. The van der Waals surface area contributed by atoms with Crippen molar-refractivity contribution in [1.82, 2.24) is 25.4 Å². The fraction of sp³-hybridized carbons (Fsp3) is 0.500. The Hall–Kier alpha value is -2.12. The Balaban J connectivity index is 1.72. The summed E-state index contributed by atoms with van der Waals surface area (Å²) in [6.45, 7) is 0.780. The van der Waals surface area contributed by atoms with Crippen LogP contribution in [-0.2, 0) is 11.3 Å². The van der Waals surface area contributed by atoms with Crippen LogP contribution in [0.4, 0.5) is 4.79 Å². The SMILES string of the molecule is O=C(O)C1CN(C(=O)NCc2ncn[nH]2)C1. The Bertz CT molecular complexity index is 384. The quantitative estimate of drug-likeness (QED) is 0.613. The van der Waals surface area contributed by atoms with E-state index in [1.807, 2.05) is 0 Å². The van der Waals surface area contributed by atoms with Gasteiger partial charge in [-0.25, -0.2) is 9.78 Å². The molecule has 0 aromatic carbocycles. The Kier molecular flexibility index (Phi) is 2.71. The summed E-state index contributed by atoms with van der Waals surface area (Å²) >= 11 is 0. The molecule has 8 nitrogen and oxygen atoms in total. The van der Waals surface area contributed by atoms with Crippen molar-refractivity contribution < 1.29 is 14.7 Å². The van der Waals surface area contributed by atoms with Gasteiger partial charge in [0.15, 0.2) is 0 Å². The van der Waals surface area contributed by atoms with Gasteiger partial charge in [0, 0.05) is 13.1 Å². The molecule has 1 aliphatic heterocycles. The number of hydrogen-bond acceptors (Lipinski definition) is 4. The van der Waals surface area contributed by atoms with E-state index in [2.05, 4.69) is 20.5 Å². The Labute approximate surface area is 90.7 Å². The van der Waals surface area contributed by atoms with Crippen molar-refractivity contribution >= 4 is 12.0 Å². The van der Waals surface area contributed by atoms with Crippen molar-refractivity contribution in [3.63, 3.8) is 0 Å². The van der Waals surface area contributed by atoms with Crippen LogP contribution in [-0.4, -0.2) is 50.3 Å². The molecule has 0 saturated carbocycles. The van der Waals surface area contributed by atoms with Crippen molar-refractivity contribution in [3.05, 3.63) is 12.2 Å². The number of amides is 2. The van der Waals surface area contributed by atoms with Crippen LogP contribution in [0.3, 0.4) is 0 Å². The van der Waals surface area contributed by atoms with Crippen LogP contribution in [0.2, 0.25) is 0 Å². The van der Waals surface area contributed by atoms with E-state index in [9.17, 15) is 9.59 Å². The summed E-state index contributed by atoms with van der Waals surface area (Å²) < 4.78 is 0. The maximum Gasteiger partial charge on any atom is 0.317 e. The predicted octanol–water partition coefficient (Wildman–Crippen LogP) is -0.969. The van der Waals surface area contributed by atoms with E-state index in [4.69, 9.17) is 5.11 Å². The van der Waals surface area contributed by atoms with E-state index in [0.717, 1.165) is 0 Å². The lowest BCUT2D eigenvalue weighted by Gasteiger charge is -2.36. The minimum atomic E-state index is -0.862. The molecule has 2 rings (SSSR count). The molecular weight excluding hydrogens is 214 g/mol. The first-order chi connectivity index (χ1) is 7.66. The average molecular weight is 225 g/mol. The average Bonchev–Trinajstić information content (AvgIpc) is 2.63. The number of aliphatic carboxylic acids is 1. The zero-order chi connectivity index (χ0) is 11.5. The number of carboxylic acids is 1. The molecule has 0 radical (unpaired) electrons. The van der Waals surface area contributed by atoms with Crippen LogP contribution in [0.1, 0.15) is 5.82 Å². The van der Waals surface area contributed by atoms with Crippen molar-refractivity contribution in [2.45, 2.75) is 6.54 Å². The molecule has 0 bridgehead atoms. The molecule has 0 unspecified atom stereocenters. The normalized spacial score (nSPS) is 15.6. The van der Waals surface area contributed by atoms with Crippen molar-refractivity contribution in [1.29, 1.82) is 0 Å². The van der Waals surface area contributed by atoms with Crippen LogP contribution in [0.15, 0.2) is 6.33 Å². The highest BCUT2D eigenvalue weighted by atomic mass is 16.4. The van der Waals surface area contributed by atoms with Gasteiger partial charge in [-0.05, 0) is 0 Å². The molecule has 2 amide bonds. The second-order valence-corrected chi connectivity index (χ2v) is 3.53. The number of nitrogens with zero attached hydrogens (tertiary/aromatic N) is 3. The lowest BCUT2D eigenvalue weighted by atomic mass is 10.0. The molecule has 0 atom stereocenters. The van der Waals surface area contributed by atoms with Crippen LogP contribution in [0.5, 0.6) is 0 Å². The number of hydrogen-bond donors (Lipinski definition) is 3. The summed E-state index contributed by atoms with van der Waals surface area (Å²) in [5.74, 6) is -0.737. The fourth-order valence-electron chi connectivity index (χ4n) is 1.39. The van der Waals surface area contributed by atoms with E-state index >= 15 is 0 Å². The van der Waals surface area contributed by atoms with Crippen LogP contribution < -0.4 is 5.32 Å². The van der Waals surface area contributed by atoms with Gasteiger partial charge in [-0.2, -0.15) is 5.10 Å². The van der Waals surface area contributed by atoms with E-state index in [1.54, 1.807) is 0 Å². The van der Waals surface area contributed by atoms with Crippen molar-refractivity contribution in [3.8, 4) is 0 Å². The highest BCUT2D eigenvalue weighted by molar-refractivity contribution is 5.79. The van der Waals surface area contributed by atoms with E-state index in [0.29, 0.717) is 5.82 Å². The topological polar surface area (TPSA) is 111 Å².